The number of rotatable bonds is 5. The number of carboxylic acids is 1. The molecule has 1 aromatic carbocycles. The first-order valence-corrected chi connectivity index (χ1v) is 8.18. The molecule has 0 unspecified atom stereocenters. The number of aliphatic carboxylic acids is 1. The van der Waals surface area contributed by atoms with Crippen LogP contribution in [0.3, 0.4) is 0 Å². The van der Waals surface area contributed by atoms with Crippen LogP contribution in [0.2, 0.25) is 0 Å². The smallest absolute Gasteiger partial charge is 0.276 e. The first kappa shape index (κ1) is 18.1. The fraction of sp³-hybridized carbons (Fsp3) is 0.267. The summed E-state index contributed by atoms with van der Waals surface area (Å²) >= 11 is 6.03. The van der Waals surface area contributed by atoms with E-state index in [9.17, 15) is 24.8 Å². The predicted octanol–water partition coefficient (Wildman–Crippen LogP) is 1.57. The zero-order valence-electron chi connectivity index (χ0n) is 12.8. The van der Waals surface area contributed by atoms with Crippen LogP contribution < -0.4 is 5.11 Å². The van der Waals surface area contributed by atoms with Gasteiger partial charge in [0.2, 0.25) is 0 Å². The fourth-order valence-corrected chi connectivity index (χ4v) is 3.63. The van der Waals surface area contributed by atoms with E-state index in [-0.39, 0.29) is 20.5 Å². The molecule has 0 saturated carbocycles. The highest BCUT2D eigenvalue weighted by molar-refractivity contribution is 8.26. The number of hydrogen-bond acceptors (Lipinski definition) is 7. The summed E-state index contributed by atoms with van der Waals surface area (Å²) in [5.41, 5.74) is 0.0978. The summed E-state index contributed by atoms with van der Waals surface area (Å²) in [4.78, 5) is 35.5. The van der Waals surface area contributed by atoms with Gasteiger partial charge in [0.1, 0.15) is 4.32 Å². The van der Waals surface area contributed by atoms with E-state index in [1.165, 1.54) is 24.3 Å². The summed E-state index contributed by atoms with van der Waals surface area (Å²) in [7, 11) is 0. The van der Waals surface area contributed by atoms with Gasteiger partial charge in [-0.25, -0.2) is 0 Å². The molecule has 2 rings (SSSR count). The molecule has 1 heterocycles. The minimum Gasteiger partial charge on any atom is -0.548 e. The highest BCUT2D eigenvalue weighted by Gasteiger charge is 2.39. The van der Waals surface area contributed by atoms with E-state index < -0.39 is 28.8 Å². The second kappa shape index (κ2) is 7.10. The summed E-state index contributed by atoms with van der Waals surface area (Å²) in [6, 6.07) is 4.77. The third-order valence-corrected chi connectivity index (χ3v) is 4.73. The van der Waals surface area contributed by atoms with Gasteiger partial charge in [-0.15, -0.1) is 0 Å². The Kier molecular flexibility index (Phi) is 5.35. The van der Waals surface area contributed by atoms with Crippen LogP contribution in [-0.4, -0.2) is 32.1 Å². The Hall–Kier alpha value is -2.26. The summed E-state index contributed by atoms with van der Waals surface area (Å²) in [6.45, 7) is 3.29. The summed E-state index contributed by atoms with van der Waals surface area (Å²) < 4.78 is 0.0905. The maximum atomic E-state index is 12.5. The molecule has 1 amide bonds. The van der Waals surface area contributed by atoms with Crippen molar-refractivity contribution >= 4 is 51.9 Å². The number of carbonyl (C=O) groups is 2. The lowest BCUT2D eigenvalue weighted by Gasteiger charge is -2.30. The van der Waals surface area contributed by atoms with Gasteiger partial charge in [-0.3, -0.25) is 19.8 Å². The number of hydrogen-bond donors (Lipinski definition) is 0. The number of nitro groups is 1. The Morgan fingerprint density at radius 3 is 2.54 bits per heavy atom. The van der Waals surface area contributed by atoms with E-state index in [0.717, 1.165) is 16.7 Å². The van der Waals surface area contributed by atoms with Crippen molar-refractivity contribution in [3.05, 3.63) is 44.8 Å². The third-order valence-electron chi connectivity index (χ3n) is 3.39. The largest absolute Gasteiger partial charge is 0.548 e. The van der Waals surface area contributed by atoms with Crippen LogP contribution in [0.1, 0.15) is 19.4 Å². The van der Waals surface area contributed by atoms with Crippen molar-refractivity contribution in [2.24, 2.45) is 5.92 Å². The van der Waals surface area contributed by atoms with Crippen molar-refractivity contribution in [2.45, 2.75) is 19.9 Å². The molecule has 0 N–H and O–H groups in total. The molecule has 0 aliphatic carbocycles. The third kappa shape index (κ3) is 3.46. The van der Waals surface area contributed by atoms with E-state index in [1.807, 2.05) is 0 Å². The van der Waals surface area contributed by atoms with Crippen molar-refractivity contribution in [1.82, 2.24) is 4.90 Å². The number of thioether (sulfide) groups is 1. The van der Waals surface area contributed by atoms with Crippen LogP contribution >= 0.6 is 24.0 Å². The molecule has 1 aliphatic heterocycles. The van der Waals surface area contributed by atoms with E-state index in [2.05, 4.69) is 0 Å². The van der Waals surface area contributed by atoms with Gasteiger partial charge in [-0.2, -0.15) is 0 Å². The summed E-state index contributed by atoms with van der Waals surface area (Å²) in [5.74, 6) is -2.39. The second-order valence-electron chi connectivity index (χ2n) is 5.38. The van der Waals surface area contributed by atoms with Crippen LogP contribution in [0.5, 0.6) is 0 Å². The van der Waals surface area contributed by atoms with Gasteiger partial charge in [0.15, 0.2) is 0 Å². The number of benzene rings is 1. The Labute approximate surface area is 147 Å². The highest BCUT2D eigenvalue weighted by atomic mass is 32.2. The molecule has 1 atom stereocenters. The molecule has 0 aromatic heterocycles. The van der Waals surface area contributed by atoms with E-state index >= 15 is 0 Å². The van der Waals surface area contributed by atoms with Gasteiger partial charge >= 0.3 is 0 Å². The first-order chi connectivity index (χ1) is 11.2. The zero-order chi connectivity index (χ0) is 18.0. The predicted molar refractivity (Wildman–Crippen MR) is 91.7 cm³/mol. The van der Waals surface area contributed by atoms with E-state index in [4.69, 9.17) is 12.2 Å². The standard InChI is InChI=1S/C15H14N2O5S2/c1-8(2)12(14(19)20)16-13(18)11(24-15(16)23)7-9-5-3-4-6-10(9)17(21)22/h3-8,12H,1-2H3,(H,19,20)/p-1/b11-7-/t12-/m0/s1. The lowest BCUT2D eigenvalue weighted by atomic mass is 10.0. The van der Waals surface area contributed by atoms with Crippen molar-refractivity contribution < 1.29 is 19.6 Å². The number of para-hydroxylation sites is 1. The quantitative estimate of drug-likeness (QED) is 0.338. The number of nitrogens with zero attached hydrogens (tertiary/aromatic N) is 2. The Bertz CT molecular complexity index is 760. The fourth-order valence-electron chi connectivity index (χ4n) is 2.31. The molecule has 0 radical (unpaired) electrons. The second-order valence-corrected chi connectivity index (χ2v) is 7.05. The Morgan fingerprint density at radius 2 is 2.00 bits per heavy atom. The topological polar surface area (TPSA) is 104 Å². The highest BCUT2D eigenvalue weighted by Crippen LogP contribution is 2.36. The minimum absolute atomic E-state index is 0.0905. The van der Waals surface area contributed by atoms with Crippen molar-refractivity contribution in [3.8, 4) is 0 Å². The maximum absolute atomic E-state index is 12.5. The summed E-state index contributed by atoms with van der Waals surface area (Å²) in [5, 5.41) is 22.4. The van der Waals surface area contributed by atoms with Gasteiger partial charge in [0.25, 0.3) is 11.6 Å². The first-order valence-electron chi connectivity index (χ1n) is 6.95. The average molecular weight is 365 g/mol. The molecule has 0 bridgehead atoms. The van der Waals surface area contributed by atoms with E-state index in [1.54, 1.807) is 19.9 Å². The molecule has 9 heteroatoms. The molecule has 1 aromatic rings. The zero-order valence-corrected chi connectivity index (χ0v) is 14.4. The number of nitro benzene ring substituents is 1. The minimum atomic E-state index is -1.40. The normalized spacial score (nSPS) is 17.6. The SMILES string of the molecule is CC(C)[C@@H](C(=O)[O-])N1C(=O)/C(=C/c2ccccc2[N+](=O)[O-])SC1=S. The molecular formula is C15H13N2O5S2-. The van der Waals surface area contributed by atoms with Crippen molar-refractivity contribution in [1.29, 1.82) is 0 Å². The van der Waals surface area contributed by atoms with Crippen LogP contribution in [0.4, 0.5) is 5.69 Å². The number of amides is 1. The Balaban J connectivity index is 2.42. The molecule has 1 fully saturated rings. The van der Waals surface area contributed by atoms with Gasteiger partial charge in [-0.05, 0) is 18.1 Å². The van der Waals surface area contributed by atoms with Crippen LogP contribution in [-0.2, 0) is 9.59 Å². The molecule has 126 valence electrons. The Morgan fingerprint density at radius 1 is 1.38 bits per heavy atom. The molecule has 7 nitrogen and oxygen atoms in total. The number of carboxylic acid groups (broad SMARTS) is 1. The van der Waals surface area contributed by atoms with Crippen LogP contribution in [0, 0.1) is 16.0 Å². The number of carbonyl (C=O) groups excluding carboxylic acids is 2. The van der Waals surface area contributed by atoms with Crippen molar-refractivity contribution in [3.63, 3.8) is 0 Å². The van der Waals surface area contributed by atoms with Gasteiger partial charge in [0.05, 0.1) is 27.4 Å². The van der Waals surface area contributed by atoms with Gasteiger partial charge < -0.3 is 9.90 Å². The molecular weight excluding hydrogens is 352 g/mol. The van der Waals surface area contributed by atoms with Crippen molar-refractivity contribution in [2.75, 3.05) is 0 Å². The number of thiocarbonyl (C=S) groups is 1. The van der Waals surface area contributed by atoms with Gasteiger partial charge in [0, 0.05) is 6.07 Å². The van der Waals surface area contributed by atoms with Crippen LogP contribution in [0.15, 0.2) is 29.2 Å². The molecule has 1 saturated heterocycles. The van der Waals surface area contributed by atoms with Crippen LogP contribution in [0.25, 0.3) is 6.08 Å². The monoisotopic (exact) mass is 365 g/mol. The van der Waals surface area contributed by atoms with E-state index in [0.29, 0.717) is 0 Å². The van der Waals surface area contributed by atoms with Gasteiger partial charge in [-0.1, -0.05) is 50.0 Å². The average Bonchev–Trinajstić information content (AvgIpc) is 2.75. The molecule has 1 aliphatic rings. The summed E-state index contributed by atoms with van der Waals surface area (Å²) in [6.07, 6.45) is 1.35. The maximum Gasteiger partial charge on any atom is 0.276 e. The molecule has 24 heavy (non-hydrogen) atoms. The molecule has 0 spiro atoms. The lowest BCUT2D eigenvalue weighted by Crippen LogP contribution is -2.52. The lowest BCUT2D eigenvalue weighted by molar-refractivity contribution is -0.385.